The Morgan fingerprint density at radius 3 is 2.55 bits per heavy atom. The van der Waals surface area contributed by atoms with Crippen LogP contribution in [-0.4, -0.2) is 34.9 Å². The number of nitrogens with zero attached hydrogens (tertiary/aromatic N) is 6. The molecule has 0 unspecified atom stereocenters. The standard InChI is InChI=1S/C32H30N8O2/c1-19-25(21(3)38(4)36-19)15-14-22-10-8-11-23-18-26(40(32(42)27(22)23)24-12-6-5-7-13-24)20(2)35-31(41)28-29(33)37-39-17-9-16-34-30(28)39/h5-18,20H,1-4H3,(H2,33,37)(H,35,41)/b15-14+/t20-/m0/s1. The van der Waals surface area contributed by atoms with Gasteiger partial charge in [-0.2, -0.15) is 5.10 Å². The van der Waals surface area contributed by atoms with E-state index in [1.54, 1.807) is 23.0 Å². The second-order valence-corrected chi connectivity index (χ2v) is 10.2. The Hall–Kier alpha value is -5.51. The van der Waals surface area contributed by atoms with E-state index in [0.717, 1.165) is 27.9 Å². The molecule has 4 heterocycles. The average Bonchev–Trinajstić information content (AvgIpc) is 3.44. The van der Waals surface area contributed by atoms with Crippen molar-refractivity contribution in [1.82, 2.24) is 34.3 Å². The molecule has 1 amide bonds. The van der Waals surface area contributed by atoms with E-state index in [2.05, 4.69) is 20.5 Å². The number of amides is 1. The van der Waals surface area contributed by atoms with Crippen molar-refractivity contribution in [2.24, 2.45) is 7.05 Å². The highest BCUT2D eigenvalue weighted by atomic mass is 16.2. The highest BCUT2D eigenvalue weighted by molar-refractivity contribution is 6.04. The molecule has 0 radical (unpaired) electrons. The molecule has 2 aromatic carbocycles. The number of pyridine rings is 1. The van der Waals surface area contributed by atoms with Gasteiger partial charge in [0, 0.05) is 42.1 Å². The van der Waals surface area contributed by atoms with Crippen molar-refractivity contribution in [3.8, 4) is 5.69 Å². The third-order valence-corrected chi connectivity index (χ3v) is 7.56. The van der Waals surface area contributed by atoms with Crippen LogP contribution < -0.4 is 16.6 Å². The summed E-state index contributed by atoms with van der Waals surface area (Å²) in [6.45, 7) is 5.82. The van der Waals surface area contributed by atoms with Crippen molar-refractivity contribution in [3.63, 3.8) is 0 Å². The van der Waals surface area contributed by atoms with E-state index in [9.17, 15) is 9.59 Å². The van der Waals surface area contributed by atoms with Gasteiger partial charge in [0.25, 0.3) is 11.5 Å². The lowest BCUT2D eigenvalue weighted by Crippen LogP contribution is -2.32. The number of nitrogen functional groups attached to an aromatic ring is 1. The fourth-order valence-corrected chi connectivity index (χ4v) is 5.38. The van der Waals surface area contributed by atoms with Crippen LogP contribution in [-0.2, 0) is 7.05 Å². The number of fused-ring (bicyclic) bond motifs is 2. The number of benzene rings is 2. The van der Waals surface area contributed by atoms with Crippen LogP contribution in [0.15, 0.2) is 77.9 Å². The molecular weight excluding hydrogens is 528 g/mol. The summed E-state index contributed by atoms with van der Waals surface area (Å²) in [6, 6.07) is 18.3. The van der Waals surface area contributed by atoms with Crippen LogP contribution in [0.5, 0.6) is 0 Å². The first kappa shape index (κ1) is 26.7. The van der Waals surface area contributed by atoms with Crippen LogP contribution in [0, 0.1) is 13.8 Å². The molecule has 0 saturated heterocycles. The molecule has 210 valence electrons. The molecule has 0 aliphatic rings. The number of hydrogen-bond donors (Lipinski definition) is 2. The van der Waals surface area contributed by atoms with Gasteiger partial charge in [-0.25, -0.2) is 9.50 Å². The third kappa shape index (κ3) is 4.52. The Morgan fingerprint density at radius 1 is 1.02 bits per heavy atom. The summed E-state index contributed by atoms with van der Waals surface area (Å²) < 4.78 is 4.97. The predicted octanol–water partition coefficient (Wildman–Crippen LogP) is 4.63. The number of aromatic nitrogens is 6. The van der Waals surface area contributed by atoms with Crippen molar-refractivity contribution < 1.29 is 4.79 Å². The summed E-state index contributed by atoms with van der Waals surface area (Å²) in [5.41, 5.74) is 11.5. The summed E-state index contributed by atoms with van der Waals surface area (Å²) in [7, 11) is 1.91. The van der Waals surface area contributed by atoms with Crippen LogP contribution in [0.3, 0.4) is 0 Å². The first-order valence-corrected chi connectivity index (χ1v) is 13.6. The second kappa shape index (κ2) is 10.5. The first-order valence-electron chi connectivity index (χ1n) is 13.6. The number of carbonyl (C=O) groups is 1. The van der Waals surface area contributed by atoms with Gasteiger partial charge in [-0.1, -0.05) is 48.6 Å². The van der Waals surface area contributed by atoms with Crippen molar-refractivity contribution in [2.45, 2.75) is 26.8 Å². The SMILES string of the molecule is Cc1nn(C)c(C)c1/C=C/c1cccc2cc([C@H](C)NC(=O)c3c(N)nn4cccnc34)n(-c3ccccc3)c(=O)c12. The van der Waals surface area contributed by atoms with E-state index in [1.807, 2.05) is 99.3 Å². The van der Waals surface area contributed by atoms with E-state index >= 15 is 0 Å². The van der Waals surface area contributed by atoms with Crippen molar-refractivity contribution in [3.05, 3.63) is 117 Å². The molecule has 10 nitrogen and oxygen atoms in total. The van der Waals surface area contributed by atoms with Gasteiger partial charge in [0.2, 0.25) is 0 Å². The summed E-state index contributed by atoms with van der Waals surface area (Å²) in [6.07, 6.45) is 7.22. The maximum Gasteiger partial charge on any atom is 0.263 e. The van der Waals surface area contributed by atoms with Crippen LogP contribution >= 0.6 is 0 Å². The molecule has 0 aliphatic heterocycles. The fraction of sp³-hybridized carbons (Fsp3) is 0.156. The zero-order valence-electron chi connectivity index (χ0n) is 23.7. The Bertz CT molecular complexity index is 2070. The summed E-state index contributed by atoms with van der Waals surface area (Å²) in [5, 5.41) is 13.1. The Kier molecular flexibility index (Phi) is 6.66. The van der Waals surface area contributed by atoms with E-state index in [0.29, 0.717) is 22.4 Å². The molecule has 6 rings (SSSR count). The fourth-order valence-electron chi connectivity index (χ4n) is 5.38. The highest BCUT2D eigenvalue weighted by Crippen LogP contribution is 2.26. The molecule has 4 aromatic heterocycles. The molecule has 0 spiro atoms. The Balaban J connectivity index is 1.47. The minimum absolute atomic E-state index is 0.0767. The van der Waals surface area contributed by atoms with E-state index in [4.69, 9.17) is 5.73 Å². The van der Waals surface area contributed by atoms with Crippen LogP contribution in [0.2, 0.25) is 0 Å². The second-order valence-electron chi connectivity index (χ2n) is 10.2. The number of para-hydroxylation sites is 1. The van der Waals surface area contributed by atoms with E-state index < -0.39 is 11.9 Å². The van der Waals surface area contributed by atoms with Gasteiger partial charge in [0.1, 0.15) is 5.56 Å². The first-order chi connectivity index (χ1) is 20.2. The van der Waals surface area contributed by atoms with Crippen molar-refractivity contribution >= 4 is 40.3 Å². The van der Waals surface area contributed by atoms with Crippen LogP contribution in [0.1, 0.15) is 51.5 Å². The molecule has 0 bridgehead atoms. The number of nitrogens with two attached hydrogens (primary N) is 1. The topological polar surface area (TPSA) is 125 Å². The molecule has 0 fully saturated rings. The van der Waals surface area contributed by atoms with Crippen molar-refractivity contribution in [2.75, 3.05) is 5.73 Å². The average molecular weight is 559 g/mol. The molecule has 1 atom stereocenters. The van der Waals surface area contributed by atoms with Gasteiger partial charge in [-0.05, 0) is 56.0 Å². The quantitative estimate of drug-likeness (QED) is 0.307. The zero-order valence-corrected chi connectivity index (χ0v) is 23.7. The minimum Gasteiger partial charge on any atom is -0.381 e. The predicted molar refractivity (Wildman–Crippen MR) is 164 cm³/mol. The molecule has 10 heteroatoms. The molecule has 42 heavy (non-hydrogen) atoms. The van der Waals surface area contributed by atoms with Gasteiger partial charge in [-0.15, -0.1) is 5.10 Å². The van der Waals surface area contributed by atoms with E-state index in [-0.39, 0.29) is 16.9 Å². The van der Waals surface area contributed by atoms with Gasteiger partial charge in [0.05, 0.1) is 17.1 Å². The Labute approximate surface area is 241 Å². The normalized spacial score (nSPS) is 12.4. The summed E-state index contributed by atoms with van der Waals surface area (Å²) in [4.78, 5) is 32.1. The lowest BCUT2D eigenvalue weighted by molar-refractivity contribution is 0.0941. The van der Waals surface area contributed by atoms with Crippen molar-refractivity contribution in [1.29, 1.82) is 0 Å². The number of hydrogen-bond acceptors (Lipinski definition) is 6. The number of nitrogens with one attached hydrogen (secondary N) is 1. The number of carbonyl (C=O) groups excluding carboxylic acids is 1. The molecule has 0 aliphatic carbocycles. The summed E-state index contributed by atoms with van der Waals surface area (Å²) >= 11 is 0. The smallest absolute Gasteiger partial charge is 0.263 e. The van der Waals surface area contributed by atoms with Crippen LogP contribution in [0.4, 0.5) is 5.82 Å². The number of anilines is 1. The minimum atomic E-state index is -0.562. The van der Waals surface area contributed by atoms with Gasteiger partial charge in [-0.3, -0.25) is 18.8 Å². The van der Waals surface area contributed by atoms with Gasteiger partial charge >= 0.3 is 0 Å². The molecule has 3 N–H and O–H groups in total. The number of aryl methyl sites for hydroxylation is 2. The van der Waals surface area contributed by atoms with Gasteiger partial charge < -0.3 is 11.1 Å². The largest absolute Gasteiger partial charge is 0.381 e. The third-order valence-electron chi connectivity index (χ3n) is 7.56. The van der Waals surface area contributed by atoms with E-state index in [1.165, 1.54) is 4.52 Å². The van der Waals surface area contributed by atoms with Crippen LogP contribution in [0.25, 0.3) is 34.3 Å². The highest BCUT2D eigenvalue weighted by Gasteiger charge is 2.24. The lowest BCUT2D eigenvalue weighted by Gasteiger charge is -2.21. The summed E-state index contributed by atoms with van der Waals surface area (Å²) in [5.74, 6) is -0.354. The molecule has 6 aromatic rings. The molecular formula is C32H30N8O2. The maximum absolute atomic E-state index is 14.3. The van der Waals surface area contributed by atoms with Gasteiger partial charge in [0.15, 0.2) is 11.5 Å². The maximum atomic E-state index is 14.3. The zero-order chi connectivity index (χ0) is 29.5. The lowest BCUT2D eigenvalue weighted by atomic mass is 10.0. The number of rotatable bonds is 6. The Morgan fingerprint density at radius 2 is 1.81 bits per heavy atom. The monoisotopic (exact) mass is 558 g/mol. The molecule has 0 saturated carbocycles.